The van der Waals surface area contributed by atoms with Gasteiger partial charge in [0.2, 0.25) is 0 Å². The van der Waals surface area contributed by atoms with Gasteiger partial charge in [-0.1, -0.05) is 18.9 Å². The molecule has 1 heteroatoms. The normalized spacial score (nSPS) is 42.4. The second kappa shape index (κ2) is 3.87. The lowest BCUT2D eigenvalue weighted by molar-refractivity contribution is -0.934. The van der Waals surface area contributed by atoms with Gasteiger partial charge in [-0.15, -0.1) is 0 Å². The van der Waals surface area contributed by atoms with E-state index in [2.05, 4.69) is 13.8 Å². The van der Waals surface area contributed by atoms with Gasteiger partial charge in [-0.25, -0.2) is 0 Å². The fourth-order valence-corrected chi connectivity index (χ4v) is 4.74. The van der Waals surface area contributed by atoms with Gasteiger partial charge in [0.1, 0.15) is 5.54 Å². The number of quaternary nitrogens is 1. The van der Waals surface area contributed by atoms with Crippen molar-refractivity contribution < 1.29 is 4.90 Å². The quantitative estimate of drug-likeness (QED) is 0.681. The van der Waals surface area contributed by atoms with E-state index < -0.39 is 0 Å². The SMILES string of the molecule is CCC[C@@H]1C[NH+]2CCC3=C(CCC3)[C@]2(C)C1. The highest BCUT2D eigenvalue weighted by Gasteiger charge is 2.51. The van der Waals surface area contributed by atoms with Gasteiger partial charge in [0.15, 0.2) is 0 Å². The van der Waals surface area contributed by atoms with Crippen LogP contribution in [0.1, 0.15) is 58.8 Å². The second-order valence-corrected chi connectivity index (χ2v) is 6.43. The van der Waals surface area contributed by atoms with E-state index >= 15 is 0 Å². The van der Waals surface area contributed by atoms with Gasteiger partial charge in [-0.05, 0) is 38.2 Å². The van der Waals surface area contributed by atoms with Gasteiger partial charge < -0.3 is 4.90 Å². The summed E-state index contributed by atoms with van der Waals surface area (Å²) in [5.74, 6) is 1.01. The molecular formula is C15H26N+. The van der Waals surface area contributed by atoms with E-state index in [1.165, 1.54) is 58.0 Å². The van der Waals surface area contributed by atoms with E-state index in [1.54, 1.807) is 0 Å². The maximum Gasteiger partial charge on any atom is 0.117 e. The van der Waals surface area contributed by atoms with Crippen molar-refractivity contribution in [2.45, 2.75) is 64.3 Å². The lowest BCUT2D eigenvalue weighted by Crippen LogP contribution is -3.18. The van der Waals surface area contributed by atoms with Gasteiger partial charge in [0, 0.05) is 18.8 Å². The van der Waals surface area contributed by atoms with Crippen LogP contribution in [0.15, 0.2) is 11.1 Å². The monoisotopic (exact) mass is 220 g/mol. The molecule has 2 aliphatic heterocycles. The molecule has 0 amide bonds. The molecule has 0 bridgehead atoms. The van der Waals surface area contributed by atoms with Crippen LogP contribution in [0, 0.1) is 5.92 Å². The van der Waals surface area contributed by atoms with Crippen LogP contribution in [-0.2, 0) is 0 Å². The Kier molecular flexibility index (Phi) is 2.62. The third kappa shape index (κ3) is 1.48. The lowest BCUT2D eigenvalue weighted by Gasteiger charge is -2.38. The van der Waals surface area contributed by atoms with Crippen molar-refractivity contribution in [3.63, 3.8) is 0 Å². The first-order chi connectivity index (χ1) is 7.74. The molecular weight excluding hydrogens is 194 g/mol. The third-order valence-electron chi connectivity index (χ3n) is 5.44. The maximum atomic E-state index is 2.57. The topological polar surface area (TPSA) is 4.44 Å². The maximum absolute atomic E-state index is 2.57. The van der Waals surface area contributed by atoms with Crippen LogP contribution >= 0.6 is 0 Å². The van der Waals surface area contributed by atoms with Crippen LogP contribution in [0.25, 0.3) is 0 Å². The number of nitrogens with one attached hydrogen (secondary N) is 1. The summed E-state index contributed by atoms with van der Waals surface area (Å²) in [5.41, 5.74) is 4.32. The number of fused-ring (bicyclic) bond motifs is 2. The average molecular weight is 220 g/mol. The minimum absolute atomic E-state index is 0.559. The Morgan fingerprint density at radius 1 is 1.31 bits per heavy atom. The molecule has 16 heavy (non-hydrogen) atoms. The molecule has 1 fully saturated rings. The molecule has 3 aliphatic rings. The predicted octanol–water partition coefficient (Wildman–Crippen LogP) is 2.33. The van der Waals surface area contributed by atoms with Crippen LogP contribution in [0.2, 0.25) is 0 Å². The van der Waals surface area contributed by atoms with E-state index in [1.807, 2.05) is 16.0 Å². The van der Waals surface area contributed by atoms with Crippen molar-refractivity contribution >= 4 is 0 Å². The second-order valence-electron chi connectivity index (χ2n) is 6.43. The molecule has 1 saturated heterocycles. The van der Waals surface area contributed by atoms with E-state index in [0.717, 1.165) is 5.92 Å². The zero-order valence-electron chi connectivity index (χ0n) is 10.9. The Morgan fingerprint density at radius 2 is 2.19 bits per heavy atom. The summed E-state index contributed by atoms with van der Waals surface area (Å²) in [5, 5.41) is 0. The summed E-state index contributed by atoms with van der Waals surface area (Å²) in [4.78, 5) is 1.92. The van der Waals surface area contributed by atoms with Crippen LogP contribution in [0.3, 0.4) is 0 Å². The Hall–Kier alpha value is -0.300. The van der Waals surface area contributed by atoms with Gasteiger partial charge in [-0.3, -0.25) is 0 Å². The minimum atomic E-state index is 0.559. The standard InChI is InChI=1S/C15H25N/c1-3-5-12-10-15(2)14-7-4-6-13(14)8-9-16(15)11-12/h12H,3-11H2,1-2H3/p+1/t12-,15-/m0/s1. The molecule has 1 N–H and O–H groups in total. The Labute approximate surface area is 99.9 Å². The fourth-order valence-electron chi connectivity index (χ4n) is 4.74. The Morgan fingerprint density at radius 3 is 3.00 bits per heavy atom. The summed E-state index contributed by atoms with van der Waals surface area (Å²) in [7, 11) is 0. The zero-order valence-corrected chi connectivity index (χ0v) is 10.9. The Bertz CT molecular complexity index is 317. The molecule has 3 rings (SSSR count). The first-order valence-corrected chi connectivity index (χ1v) is 7.30. The smallest absolute Gasteiger partial charge is 0.117 e. The average Bonchev–Trinajstić information content (AvgIpc) is 2.81. The fraction of sp³-hybridized carbons (Fsp3) is 0.867. The van der Waals surface area contributed by atoms with Gasteiger partial charge in [0.05, 0.1) is 13.1 Å². The van der Waals surface area contributed by atoms with Crippen LogP contribution in [0.5, 0.6) is 0 Å². The lowest BCUT2D eigenvalue weighted by atomic mass is 9.81. The summed E-state index contributed by atoms with van der Waals surface area (Å²) in [6.07, 6.45) is 10.0. The Balaban J connectivity index is 1.85. The summed E-state index contributed by atoms with van der Waals surface area (Å²) in [6.45, 7) is 7.80. The van der Waals surface area contributed by atoms with Gasteiger partial charge in [-0.2, -0.15) is 0 Å². The van der Waals surface area contributed by atoms with E-state index in [4.69, 9.17) is 0 Å². The molecule has 0 aromatic heterocycles. The van der Waals surface area contributed by atoms with Crippen LogP contribution < -0.4 is 4.90 Å². The van der Waals surface area contributed by atoms with Crippen LogP contribution in [-0.4, -0.2) is 18.6 Å². The highest BCUT2D eigenvalue weighted by atomic mass is 15.2. The molecule has 2 heterocycles. The molecule has 1 aliphatic carbocycles. The van der Waals surface area contributed by atoms with E-state index in [9.17, 15) is 0 Å². The number of hydrogen-bond donors (Lipinski definition) is 1. The predicted molar refractivity (Wildman–Crippen MR) is 67.6 cm³/mol. The van der Waals surface area contributed by atoms with Crippen molar-refractivity contribution in [3.05, 3.63) is 11.1 Å². The summed E-state index contributed by atoms with van der Waals surface area (Å²) >= 11 is 0. The highest BCUT2D eigenvalue weighted by molar-refractivity contribution is 5.30. The molecule has 3 atom stereocenters. The molecule has 0 spiro atoms. The van der Waals surface area contributed by atoms with E-state index in [-0.39, 0.29) is 0 Å². The van der Waals surface area contributed by atoms with Crippen molar-refractivity contribution in [3.8, 4) is 0 Å². The first kappa shape index (κ1) is 10.8. The molecule has 90 valence electrons. The molecule has 0 radical (unpaired) electrons. The van der Waals surface area contributed by atoms with Crippen molar-refractivity contribution in [2.24, 2.45) is 5.92 Å². The van der Waals surface area contributed by atoms with E-state index in [0.29, 0.717) is 5.54 Å². The molecule has 1 unspecified atom stereocenters. The summed E-state index contributed by atoms with van der Waals surface area (Å²) < 4.78 is 0. The van der Waals surface area contributed by atoms with Crippen molar-refractivity contribution in [1.29, 1.82) is 0 Å². The highest BCUT2D eigenvalue weighted by Crippen LogP contribution is 2.41. The van der Waals surface area contributed by atoms with Gasteiger partial charge in [0.25, 0.3) is 0 Å². The van der Waals surface area contributed by atoms with Gasteiger partial charge >= 0.3 is 0 Å². The van der Waals surface area contributed by atoms with Crippen LogP contribution in [0.4, 0.5) is 0 Å². The van der Waals surface area contributed by atoms with Crippen molar-refractivity contribution in [1.82, 2.24) is 0 Å². The number of rotatable bonds is 2. The molecule has 0 aromatic rings. The third-order valence-corrected chi connectivity index (χ3v) is 5.44. The first-order valence-electron chi connectivity index (χ1n) is 7.30. The largest absolute Gasteiger partial charge is 0.326 e. The number of hydrogen-bond acceptors (Lipinski definition) is 0. The summed E-state index contributed by atoms with van der Waals surface area (Å²) in [6, 6.07) is 0. The minimum Gasteiger partial charge on any atom is -0.326 e. The van der Waals surface area contributed by atoms with Crippen molar-refractivity contribution in [2.75, 3.05) is 13.1 Å². The molecule has 0 aromatic carbocycles. The zero-order chi connectivity index (χ0) is 11.2. The molecule has 0 saturated carbocycles. The molecule has 1 nitrogen and oxygen atoms in total.